The van der Waals surface area contributed by atoms with Crippen LogP contribution in [0, 0.1) is 0 Å². The van der Waals surface area contributed by atoms with Crippen molar-refractivity contribution in [3.8, 4) is 0 Å². The van der Waals surface area contributed by atoms with Crippen molar-refractivity contribution in [3.05, 3.63) is 0 Å². The van der Waals surface area contributed by atoms with Crippen molar-refractivity contribution in [1.82, 2.24) is 0 Å². The quantitative estimate of drug-likeness (QED) is 0.536. The van der Waals surface area contributed by atoms with Gasteiger partial charge in [0, 0.05) is 13.7 Å². The molecule has 0 aliphatic carbocycles. The van der Waals surface area contributed by atoms with Crippen LogP contribution in [0.3, 0.4) is 0 Å². The Kier molecular flexibility index (Phi) is 9.80. The van der Waals surface area contributed by atoms with E-state index in [1.165, 1.54) is 0 Å². The van der Waals surface area contributed by atoms with Crippen molar-refractivity contribution >= 4 is 0 Å². The molecule has 0 heterocycles. The van der Waals surface area contributed by atoms with Gasteiger partial charge in [0.1, 0.15) is 0 Å². The molecule has 0 aliphatic rings. The van der Waals surface area contributed by atoms with Gasteiger partial charge >= 0.3 is 0 Å². The average Bonchev–Trinajstić information content (AvgIpc) is 2.11. The topological polar surface area (TPSA) is 53.7 Å². The molecule has 2 N–H and O–H groups in total. The van der Waals surface area contributed by atoms with E-state index in [1.807, 2.05) is 0 Å². The van der Waals surface area contributed by atoms with E-state index < -0.39 is 0 Å². The average molecular weight is 191 g/mol. The Balaban J connectivity index is 2.97. The highest BCUT2D eigenvalue weighted by Gasteiger charge is 2.00. The number of nitrogens with two attached hydrogens (primary N) is 1. The molecule has 0 aromatic heterocycles. The van der Waals surface area contributed by atoms with Crippen LogP contribution in [0.4, 0.5) is 0 Å². The number of methoxy groups -OCH3 is 1. The first-order chi connectivity index (χ1) is 6.31. The third-order valence-corrected chi connectivity index (χ3v) is 1.43. The summed E-state index contributed by atoms with van der Waals surface area (Å²) in [4.78, 5) is 0. The summed E-state index contributed by atoms with van der Waals surface area (Å²) in [5.41, 5.74) is 5.63. The van der Waals surface area contributed by atoms with E-state index in [2.05, 4.69) is 6.92 Å². The predicted octanol–water partition coefficient (Wildman–Crippen LogP) is 0.403. The predicted molar refractivity (Wildman–Crippen MR) is 51.8 cm³/mol. The first-order valence-electron chi connectivity index (χ1n) is 4.71. The van der Waals surface area contributed by atoms with Crippen molar-refractivity contribution in [2.75, 3.05) is 40.1 Å². The number of hydrogen-bond acceptors (Lipinski definition) is 4. The summed E-state index contributed by atoms with van der Waals surface area (Å²) < 4.78 is 15.4. The largest absolute Gasteiger partial charge is 0.383 e. The van der Waals surface area contributed by atoms with Crippen molar-refractivity contribution in [3.63, 3.8) is 0 Å². The second kappa shape index (κ2) is 9.92. The zero-order valence-corrected chi connectivity index (χ0v) is 8.62. The normalized spacial score (nSPS) is 13.2. The molecule has 0 fully saturated rings. The molecule has 1 unspecified atom stereocenters. The van der Waals surface area contributed by atoms with Gasteiger partial charge in [-0.05, 0) is 6.42 Å². The van der Waals surface area contributed by atoms with E-state index in [1.54, 1.807) is 7.11 Å². The van der Waals surface area contributed by atoms with Gasteiger partial charge in [0.05, 0.1) is 32.5 Å². The summed E-state index contributed by atoms with van der Waals surface area (Å²) in [6.45, 7) is 5.20. The summed E-state index contributed by atoms with van der Waals surface area (Å²) in [6.07, 6.45) is 1.04. The van der Waals surface area contributed by atoms with Crippen molar-refractivity contribution in [2.45, 2.75) is 19.4 Å². The molecule has 4 nitrogen and oxygen atoms in total. The van der Waals surface area contributed by atoms with Crippen molar-refractivity contribution < 1.29 is 14.2 Å². The molecule has 0 amide bonds. The van der Waals surface area contributed by atoms with E-state index in [0.717, 1.165) is 13.0 Å². The Morgan fingerprint density at radius 3 is 2.38 bits per heavy atom. The highest BCUT2D eigenvalue weighted by molar-refractivity contribution is 4.56. The fourth-order valence-corrected chi connectivity index (χ4v) is 0.861. The van der Waals surface area contributed by atoms with Crippen LogP contribution < -0.4 is 5.73 Å². The van der Waals surface area contributed by atoms with E-state index in [-0.39, 0.29) is 6.04 Å². The Morgan fingerprint density at radius 1 is 1.08 bits per heavy atom. The van der Waals surface area contributed by atoms with E-state index in [0.29, 0.717) is 26.4 Å². The summed E-state index contributed by atoms with van der Waals surface area (Å²) in [7, 11) is 1.63. The lowest BCUT2D eigenvalue weighted by Gasteiger charge is -2.10. The minimum Gasteiger partial charge on any atom is -0.383 e. The molecule has 0 radical (unpaired) electrons. The Labute approximate surface area is 80.3 Å². The second-order valence-corrected chi connectivity index (χ2v) is 2.90. The second-order valence-electron chi connectivity index (χ2n) is 2.90. The van der Waals surface area contributed by atoms with Crippen molar-refractivity contribution in [2.24, 2.45) is 5.73 Å². The third-order valence-electron chi connectivity index (χ3n) is 1.43. The zero-order chi connectivity index (χ0) is 9.94. The fraction of sp³-hybridized carbons (Fsp3) is 1.00. The lowest BCUT2D eigenvalue weighted by atomic mass is 10.4. The summed E-state index contributed by atoms with van der Waals surface area (Å²) in [5.74, 6) is 0. The van der Waals surface area contributed by atoms with Crippen LogP contribution in [0.5, 0.6) is 0 Å². The van der Waals surface area contributed by atoms with Gasteiger partial charge in [0.15, 0.2) is 0 Å². The van der Waals surface area contributed by atoms with Gasteiger partial charge < -0.3 is 19.9 Å². The minimum absolute atomic E-state index is 0.0313. The van der Waals surface area contributed by atoms with Gasteiger partial charge in [-0.2, -0.15) is 0 Å². The molecule has 0 rings (SSSR count). The molecular weight excluding hydrogens is 170 g/mol. The Hall–Kier alpha value is -0.160. The van der Waals surface area contributed by atoms with Gasteiger partial charge in [0.25, 0.3) is 0 Å². The fourth-order valence-electron chi connectivity index (χ4n) is 0.861. The van der Waals surface area contributed by atoms with E-state index in [9.17, 15) is 0 Å². The van der Waals surface area contributed by atoms with Crippen LogP contribution in [0.25, 0.3) is 0 Å². The molecule has 0 saturated heterocycles. The molecule has 0 aliphatic heterocycles. The molecule has 13 heavy (non-hydrogen) atoms. The number of ether oxygens (including phenoxy) is 3. The molecule has 0 bridgehead atoms. The lowest BCUT2D eigenvalue weighted by Crippen LogP contribution is -2.31. The number of rotatable bonds is 9. The Bertz CT molecular complexity index is 101. The molecule has 0 spiro atoms. The minimum atomic E-state index is -0.0313. The maximum atomic E-state index is 5.63. The van der Waals surface area contributed by atoms with Gasteiger partial charge in [-0.15, -0.1) is 0 Å². The molecular formula is C9H21NO3. The van der Waals surface area contributed by atoms with E-state index >= 15 is 0 Å². The monoisotopic (exact) mass is 191 g/mol. The lowest BCUT2D eigenvalue weighted by molar-refractivity contribution is 0.0334. The molecule has 1 atom stereocenters. The standard InChI is InChI=1S/C9H21NO3/c1-3-4-12-5-6-13-8-9(10)7-11-2/h9H,3-8,10H2,1-2H3. The zero-order valence-electron chi connectivity index (χ0n) is 8.62. The first kappa shape index (κ1) is 12.8. The van der Waals surface area contributed by atoms with Crippen LogP contribution in [-0.2, 0) is 14.2 Å². The van der Waals surface area contributed by atoms with Gasteiger partial charge in [-0.25, -0.2) is 0 Å². The molecule has 4 heteroatoms. The third kappa shape index (κ3) is 9.76. The molecule has 80 valence electrons. The summed E-state index contributed by atoms with van der Waals surface area (Å²) >= 11 is 0. The first-order valence-corrected chi connectivity index (χ1v) is 4.71. The van der Waals surface area contributed by atoms with Crippen molar-refractivity contribution in [1.29, 1.82) is 0 Å². The highest BCUT2D eigenvalue weighted by Crippen LogP contribution is 1.85. The smallest absolute Gasteiger partial charge is 0.0701 e. The maximum Gasteiger partial charge on any atom is 0.0701 e. The van der Waals surface area contributed by atoms with Crippen LogP contribution >= 0.6 is 0 Å². The van der Waals surface area contributed by atoms with Gasteiger partial charge in [-0.1, -0.05) is 6.92 Å². The molecule has 0 aromatic carbocycles. The highest BCUT2D eigenvalue weighted by atomic mass is 16.5. The maximum absolute atomic E-state index is 5.63. The van der Waals surface area contributed by atoms with Gasteiger partial charge in [-0.3, -0.25) is 0 Å². The Morgan fingerprint density at radius 2 is 1.77 bits per heavy atom. The summed E-state index contributed by atoms with van der Waals surface area (Å²) in [5, 5.41) is 0. The van der Waals surface area contributed by atoms with Crippen LogP contribution in [0.15, 0.2) is 0 Å². The van der Waals surface area contributed by atoms with Crippen LogP contribution in [-0.4, -0.2) is 46.2 Å². The van der Waals surface area contributed by atoms with Crippen LogP contribution in [0.1, 0.15) is 13.3 Å². The number of hydrogen-bond donors (Lipinski definition) is 1. The van der Waals surface area contributed by atoms with E-state index in [4.69, 9.17) is 19.9 Å². The van der Waals surface area contributed by atoms with Crippen LogP contribution in [0.2, 0.25) is 0 Å². The molecule has 0 saturated carbocycles. The summed E-state index contributed by atoms with van der Waals surface area (Å²) in [6, 6.07) is -0.0313. The van der Waals surface area contributed by atoms with Gasteiger partial charge in [0.2, 0.25) is 0 Å². The SMILES string of the molecule is CCCOCCOCC(N)COC. The molecule has 0 aromatic rings.